The van der Waals surface area contributed by atoms with Gasteiger partial charge in [-0.2, -0.15) is 0 Å². The molecule has 5 heteroatoms. The first-order chi connectivity index (χ1) is 7.12. The summed E-state index contributed by atoms with van der Waals surface area (Å²) >= 11 is 0. The SMILES string of the molecule is O=C=NCC1C2CCCC1CS(=O)(=O)C2. The van der Waals surface area contributed by atoms with Crippen molar-refractivity contribution in [3.8, 4) is 0 Å². The number of hydrogen-bond acceptors (Lipinski definition) is 4. The molecule has 0 aromatic heterocycles. The Morgan fingerprint density at radius 3 is 2.33 bits per heavy atom. The fourth-order valence-corrected chi connectivity index (χ4v) is 5.30. The zero-order chi connectivity index (χ0) is 10.9. The van der Waals surface area contributed by atoms with Gasteiger partial charge in [0.15, 0.2) is 9.84 Å². The van der Waals surface area contributed by atoms with E-state index in [4.69, 9.17) is 0 Å². The van der Waals surface area contributed by atoms with E-state index in [1.54, 1.807) is 6.08 Å². The van der Waals surface area contributed by atoms with Crippen LogP contribution in [0, 0.1) is 17.8 Å². The summed E-state index contributed by atoms with van der Waals surface area (Å²) in [6.45, 7) is 0.467. The molecule has 0 aromatic rings. The van der Waals surface area contributed by atoms with E-state index in [1.165, 1.54) is 0 Å². The van der Waals surface area contributed by atoms with Crippen LogP contribution in [-0.4, -0.2) is 32.5 Å². The Bertz CT molecular complexity index is 363. The van der Waals surface area contributed by atoms with Crippen molar-refractivity contribution in [1.29, 1.82) is 0 Å². The normalized spacial score (nSPS) is 38.0. The number of isocyanates is 1. The highest BCUT2D eigenvalue weighted by Gasteiger charge is 2.42. The summed E-state index contributed by atoms with van der Waals surface area (Å²) < 4.78 is 23.2. The third-order valence-electron chi connectivity index (χ3n) is 3.66. The van der Waals surface area contributed by atoms with E-state index in [0.29, 0.717) is 24.0 Å². The average molecular weight is 229 g/mol. The highest BCUT2D eigenvalue weighted by atomic mass is 32.2. The van der Waals surface area contributed by atoms with Gasteiger partial charge in [-0.1, -0.05) is 6.42 Å². The lowest BCUT2D eigenvalue weighted by Crippen LogP contribution is -2.44. The highest BCUT2D eigenvalue weighted by Crippen LogP contribution is 2.40. The fraction of sp³-hybridized carbons (Fsp3) is 0.900. The van der Waals surface area contributed by atoms with E-state index in [1.807, 2.05) is 0 Å². The Balaban J connectivity index is 2.16. The van der Waals surface area contributed by atoms with Crippen molar-refractivity contribution in [3.05, 3.63) is 0 Å². The van der Waals surface area contributed by atoms with Crippen LogP contribution in [-0.2, 0) is 14.6 Å². The number of carbonyl (C=O) groups excluding carboxylic acids is 1. The molecule has 0 amide bonds. The molecule has 1 heterocycles. The lowest BCUT2D eigenvalue weighted by Gasteiger charge is -2.41. The maximum absolute atomic E-state index is 11.6. The number of fused-ring (bicyclic) bond motifs is 2. The van der Waals surface area contributed by atoms with Gasteiger partial charge in [-0.3, -0.25) is 0 Å². The molecule has 1 aliphatic carbocycles. The molecule has 0 aromatic carbocycles. The van der Waals surface area contributed by atoms with E-state index >= 15 is 0 Å². The monoisotopic (exact) mass is 229 g/mol. The zero-order valence-electron chi connectivity index (χ0n) is 8.55. The topological polar surface area (TPSA) is 63.6 Å². The van der Waals surface area contributed by atoms with Gasteiger partial charge in [-0.25, -0.2) is 18.2 Å². The van der Waals surface area contributed by atoms with Gasteiger partial charge < -0.3 is 0 Å². The van der Waals surface area contributed by atoms with Crippen LogP contribution in [0.25, 0.3) is 0 Å². The van der Waals surface area contributed by atoms with Gasteiger partial charge in [0.05, 0.1) is 18.1 Å². The van der Waals surface area contributed by atoms with Crippen LogP contribution in [0.15, 0.2) is 4.99 Å². The molecule has 2 rings (SSSR count). The molecule has 2 aliphatic rings. The predicted molar refractivity (Wildman–Crippen MR) is 56.0 cm³/mol. The van der Waals surface area contributed by atoms with E-state index in [-0.39, 0.29) is 11.8 Å². The Morgan fingerprint density at radius 2 is 1.80 bits per heavy atom. The van der Waals surface area contributed by atoms with Crippen LogP contribution >= 0.6 is 0 Å². The van der Waals surface area contributed by atoms with E-state index in [0.717, 1.165) is 19.3 Å². The van der Waals surface area contributed by atoms with Gasteiger partial charge >= 0.3 is 0 Å². The Labute approximate surface area is 89.7 Å². The van der Waals surface area contributed by atoms with Crippen molar-refractivity contribution in [2.45, 2.75) is 19.3 Å². The number of rotatable bonds is 2. The third kappa shape index (κ3) is 2.29. The lowest BCUT2D eigenvalue weighted by atomic mass is 9.73. The van der Waals surface area contributed by atoms with E-state index in [9.17, 15) is 13.2 Å². The Kier molecular flexibility index (Phi) is 2.94. The van der Waals surface area contributed by atoms with Gasteiger partial charge in [0.1, 0.15) is 0 Å². The molecule has 84 valence electrons. The van der Waals surface area contributed by atoms with Crippen molar-refractivity contribution >= 4 is 15.9 Å². The first-order valence-corrected chi connectivity index (χ1v) is 7.18. The van der Waals surface area contributed by atoms with Gasteiger partial charge in [0.25, 0.3) is 0 Å². The van der Waals surface area contributed by atoms with Crippen LogP contribution in [0.4, 0.5) is 0 Å². The quantitative estimate of drug-likeness (QED) is 0.519. The molecule has 2 fully saturated rings. The second-order valence-electron chi connectivity index (χ2n) is 4.62. The van der Waals surface area contributed by atoms with E-state index < -0.39 is 9.84 Å². The first-order valence-electron chi connectivity index (χ1n) is 5.36. The molecule has 4 nitrogen and oxygen atoms in total. The van der Waals surface area contributed by atoms with Crippen LogP contribution in [0.2, 0.25) is 0 Å². The van der Waals surface area contributed by atoms with E-state index in [2.05, 4.69) is 4.99 Å². The molecule has 0 N–H and O–H groups in total. The minimum Gasteiger partial charge on any atom is -0.229 e. The molecule has 1 aliphatic heterocycles. The second-order valence-corrected chi connectivity index (χ2v) is 6.78. The number of nitrogens with zero attached hydrogens (tertiary/aromatic N) is 1. The molecular weight excluding hydrogens is 214 g/mol. The summed E-state index contributed by atoms with van der Waals surface area (Å²) in [5, 5.41) is 0. The lowest BCUT2D eigenvalue weighted by molar-refractivity contribution is 0.178. The van der Waals surface area contributed by atoms with Crippen LogP contribution in [0.5, 0.6) is 0 Å². The van der Waals surface area contributed by atoms with Gasteiger partial charge in [0.2, 0.25) is 6.08 Å². The number of hydrogen-bond donors (Lipinski definition) is 0. The first kappa shape index (κ1) is 10.8. The molecule has 2 unspecified atom stereocenters. The summed E-state index contributed by atoms with van der Waals surface area (Å²) in [6.07, 6.45) is 4.60. The van der Waals surface area contributed by atoms with Gasteiger partial charge in [-0.05, 0) is 30.6 Å². The summed E-state index contributed by atoms with van der Waals surface area (Å²) in [5.41, 5.74) is 0. The molecule has 2 atom stereocenters. The third-order valence-corrected chi connectivity index (χ3v) is 5.54. The maximum atomic E-state index is 11.6. The highest BCUT2D eigenvalue weighted by molar-refractivity contribution is 7.91. The van der Waals surface area contributed by atoms with Crippen molar-refractivity contribution in [3.63, 3.8) is 0 Å². The van der Waals surface area contributed by atoms with Crippen LogP contribution in [0.1, 0.15) is 19.3 Å². The summed E-state index contributed by atoms with van der Waals surface area (Å²) in [6, 6.07) is 0. The van der Waals surface area contributed by atoms with Crippen LogP contribution in [0.3, 0.4) is 0 Å². The zero-order valence-corrected chi connectivity index (χ0v) is 9.37. The van der Waals surface area contributed by atoms with Gasteiger partial charge in [-0.15, -0.1) is 0 Å². The molecule has 0 radical (unpaired) electrons. The van der Waals surface area contributed by atoms with Crippen molar-refractivity contribution < 1.29 is 13.2 Å². The molecule has 0 spiro atoms. The summed E-state index contributed by atoms with van der Waals surface area (Å²) in [7, 11) is -2.84. The van der Waals surface area contributed by atoms with Crippen molar-refractivity contribution in [1.82, 2.24) is 0 Å². The Hall–Kier alpha value is -0.670. The largest absolute Gasteiger partial charge is 0.234 e. The smallest absolute Gasteiger partial charge is 0.229 e. The molecule has 15 heavy (non-hydrogen) atoms. The molecule has 1 saturated heterocycles. The molecular formula is C10H15NO3S. The minimum absolute atomic E-state index is 0.222. The van der Waals surface area contributed by atoms with Crippen LogP contribution < -0.4 is 0 Å². The number of sulfone groups is 1. The number of aliphatic imine (C=N–C) groups is 1. The minimum atomic E-state index is -2.84. The summed E-state index contributed by atoms with van der Waals surface area (Å²) in [4.78, 5) is 13.7. The second kappa shape index (κ2) is 4.06. The molecule has 1 saturated carbocycles. The predicted octanol–water partition coefficient (Wildman–Crippen LogP) is 0.783. The fourth-order valence-electron chi connectivity index (χ4n) is 3.03. The van der Waals surface area contributed by atoms with Crippen molar-refractivity contribution in [2.24, 2.45) is 22.7 Å². The Morgan fingerprint density at radius 1 is 1.20 bits per heavy atom. The van der Waals surface area contributed by atoms with Crippen molar-refractivity contribution in [2.75, 3.05) is 18.1 Å². The van der Waals surface area contributed by atoms with Gasteiger partial charge in [0, 0.05) is 0 Å². The standard InChI is InChI=1S/C10H15NO3S/c12-7-11-4-10-8-2-1-3-9(10)6-15(13,14)5-8/h8-10H,1-6H2. The average Bonchev–Trinajstić information content (AvgIpc) is 2.13. The summed E-state index contributed by atoms with van der Waals surface area (Å²) in [5.74, 6) is 1.33. The molecule has 2 bridgehead atoms. The maximum Gasteiger partial charge on any atom is 0.234 e.